The number of aromatic hydroxyl groups is 1. The number of nitrogens with zero attached hydrogens (tertiary/aromatic N) is 2. The molecule has 144 valence electrons. The number of carbonyl (C=O) groups excluding carboxylic acids is 1. The number of anilines is 2. The fraction of sp³-hybridized carbons (Fsp3) is 0.0476. The Morgan fingerprint density at radius 1 is 0.931 bits per heavy atom. The minimum absolute atomic E-state index is 0.0831. The highest BCUT2D eigenvalue weighted by atomic mass is 19.3. The lowest BCUT2D eigenvalue weighted by Gasteiger charge is -2.16. The molecule has 0 atom stereocenters. The zero-order valence-electron chi connectivity index (χ0n) is 14.7. The monoisotopic (exact) mass is 394 g/mol. The Kier molecular flexibility index (Phi) is 3.57. The van der Waals surface area contributed by atoms with Crippen LogP contribution >= 0.6 is 0 Å². The summed E-state index contributed by atoms with van der Waals surface area (Å²) in [6.07, 6.45) is -3.72. The third-order valence-corrected chi connectivity index (χ3v) is 4.54. The lowest BCUT2D eigenvalue weighted by atomic mass is 10.1. The van der Waals surface area contributed by atoms with Gasteiger partial charge in [0.25, 0.3) is 5.91 Å². The second-order valence-corrected chi connectivity index (χ2v) is 6.43. The molecule has 0 fully saturated rings. The molecule has 3 aromatic rings. The maximum Gasteiger partial charge on any atom is 0.586 e. The van der Waals surface area contributed by atoms with E-state index >= 15 is 0 Å². The molecule has 1 N–H and O–H groups in total. The topological polar surface area (TPSA) is 71.4 Å². The summed E-state index contributed by atoms with van der Waals surface area (Å²) in [6.45, 7) is 0. The SMILES string of the molecule is O=C1C(=Nc2ccc3c(c2)OC(F)(F)O3)c2ccccc2N1c1ccc(O)cc1. The second-order valence-electron chi connectivity index (χ2n) is 6.43. The smallest absolute Gasteiger partial charge is 0.508 e. The average Bonchev–Trinajstić information content (AvgIpc) is 3.15. The van der Waals surface area contributed by atoms with Gasteiger partial charge in [0.2, 0.25) is 0 Å². The molecule has 0 unspecified atom stereocenters. The first-order valence-corrected chi connectivity index (χ1v) is 8.63. The van der Waals surface area contributed by atoms with Gasteiger partial charge in [-0.3, -0.25) is 9.69 Å². The number of ether oxygens (including phenoxy) is 2. The molecule has 1 amide bonds. The lowest BCUT2D eigenvalue weighted by Crippen LogP contribution is -2.25. The molecular weight excluding hydrogens is 382 g/mol. The largest absolute Gasteiger partial charge is 0.586 e. The van der Waals surface area contributed by atoms with Crippen LogP contribution < -0.4 is 14.4 Å². The van der Waals surface area contributed by atoms with Gasteiger partial charge in [-0.15, -0.1) is 8.78 Å². The van der Waals surface area contributed by atoms with Crippen molar-refractivity contribution in [2.24, 2.45) is 4.99 Å². The van der Waals surface area contributed by atoms with E-state index in [0.29, 0.717) is 16.9 Å². The van der Waals surface area contributed by atoms with Crippen molar-refractivity contribution in [2.45, 2.75) is 6.29 Å². The molecule has 8 heteroatoms. The third-order valence-electron chi connectivity index (χ3n) is 4.54. The van der Waals surface area contributed by atoms with Crippen LogP contribution in [0.5, 0.6) is 17.2 Å². The number of aliphatic imine (C=N–C) groups is 1. The standard InChI is InChI=1S/C21H12F2N2O4/c22-21(23)28-17-10-5-12(11-18(17)29-21)24-19-15-3-1-2-4-16(15)25(20(19)27)13-6-8-14(26)9-7-13/h1-11,26H. The van der Waals surface area contributed by atoms with Crippen LogP contribution in [-0.2, 0) is 4.79 Å². The quantitative estimate of drug-likeness (QED) is 0.694. The molecule has 0 bridgehead atoms. The van der Waals surface area contributed by atoms with Crippen LogP contribution in [0.1, 0.15) is 5.56 Å². The van der Waals surface area contributed by atoms with E-state index in [9.17, 15) is 18.7 Å². The highest BCUT2D eigenvalue weighted by Crippen LogP contribution is 2.43. The minimum Gasteiger partial charge on any atom is -0.508 e. The Hall–Kier alpha value is -3.94. The first-order valence-electron chi connectivity index (χ1n) is 8.63. The van der Waals surface area contributed by atoms with Gasteiger partial charge in [0.15, 0.2) is 11.5 Å². The summed E-state index contributed by atoms with van der Waals surface area (Å²) in [5.74, 6) is -0.534. The normalized spacial score (nSPS) is 17.7. The molecule has 0 saturated carbocycles. The first kappa shape index (κ1) is 17.2. The van der Waals surface area contributed by atoms with E-state index in [2.05, 4.69) is 14.5 Å². The van der Waals surface area contributed by atoms with E-state index in [1.165, 1.54) is 35.2 Å². The second kappa shape index (κ2) is 6.03. The maximum atomic E-state index is 13.2. The van der Waals surface area contributed by atoms with Crippen LogP contribution in [-0.4, -0.2) is 23.0 Å². The number of hydrogen-bond donors (Lipinski definition) is 1. The van der Waals surface area contributed by atoms with Crippen molar-refractivity contribution in [2.75, 3.05) is 4.90 Å². The number of phenols is 1. The number of carbonyl (C=O) groups is 1. The predicted molar refractivity (Wildman–Crippen MR) is 101 cm³/mol. The van der Waals surface area contributed by atoms with Gasteiger partial charge in [-0.2, -0.15) is 0 Å². The summed E-state index contributed by atoms with van der Waals surface area (Å²) in [4.78, 5) is 19.0. The molecular formula is C21H12F2N2O4. The highest BCUT2D eigenvalue weighted by molar-refractivity contribution is 6.56. The van der Waals surface area contributed by atoms with Crippen LogP contribution in [0, 0.1) is 0 Å². The minimum atomic E-state index is -3.72. The molecule has 29 heavy (non-hydrogen) atoms. The molecule has 0 aromatic heterocycles. The molecule has 2 aliphatic rings. The zero-order valence-corrected chi connectivity index (χ0v) is 14.7. The predicted octanol–water partition coefficient (Wildman–Crippen LogP) is 4.51. The van der Waals surface area contributed by atoms with E-state index in [1.807, 2.05) is 0 Å². The fourth-order valence-corrected chi connectivity index (χ4v) is 3.30. The summed E-state index contributed by atoms with van der Waals surface area (Å²) < 4.78 is 35.3. The number of para-hydroxylation sites is 1. The van der Waals surface area contributed by atoms with Crippen molar-refractivity contribution in [3.05, 3.63) is 72.3 Å². The Balaban J connectivity index is 1.58. The fourth-order valence-electron chi connectivity index (χ4n) is 3.30. The van der Waals surface area contributed by atoms with Crippen molar-refractivity contribution in [3.8, 4) is 17.2 Å². The van der Waals surface area contributed by atoms with Gasteiger partial charge in [0.05, 0.1) is 11.4 Å². The van der Waals surface area contributed by atoms with Gasteiger partial charge in [0.1, 0.15) is 11.5 Å². The number of fused-ring (bicyclic) bond motifs is 2. The maximum absolute atomic E-state index is 13.2. The van der Waals surface area contributed by atoms with Gasteiger partial charge in [-0.25, -0.2) is 4.99 Å². The number of phenolic OH excluding ortho intramolecular Hbond substituents is 1. The number of halogens is 2. The zero-order chi connectivity index (χ0) is 20.2. The molecule has 2 heterocycles. The summed E-state index contributed by atoms with van der Waals surface area (Å²) >= 11 is 0. The lowest BCUT2D eigenvalue weighted by molar-refractivity contribution is -0.286. The van der Waals surface area contributed by atoms with Gasteiger partial charge in [-0.05, 0) is 42.5 Å². The molecule has 6 nitrogen and oxygen atoms in total. The number of benzene rings is 3. The Bertz CT molecular complexity index is 1180. The molecule has 3 aromatic carbocycles. The summed E-state index contributed by atoms with van der Waals surface area (Å²) in [6, 6.07) is 17.4. The van der Waals surface area contributed by atoms with Crippen molar-refractivity contribution in [3.63, 3.8) is 0 Å². The van der Waals surface area contributed by atoms with Crippen LogP contribution in [0.2, 0.25) is 0 Å². The van der Waals surface area contributed by atoms with Crippen LogP contribution in [0.3, 0.4) is 0 Å². The van der Waals surface area contributed by atoms with Gasteiger partial charge < -0.3 is 14.6 Å². The summed E-state index contributed by atoms with van der Waals surface area (Å²) in [5, 5.41) is 9.52. The Morgan fingerprint density at radius 3 is 2.45 bits per heavy atom. The number of alkyl halides is 2. The van der Waals surface area contributed by atoms with Crippen LogP contribution in [0.4, 0.5) is 25.8 Å². The molecule has 0 aliphatic carbocycles. The summed E-state index contributed by atoms with van der Waals surface area (Å²) in [7, 11) is 0. The average molecular weight is 394 g/mol. The summed E-state index contributed by atoms with van der Waals surface area (Å²) in [5.41, 5.74) is 2.24. The van der Waals surface area contributed by atoms with Gasteiger partial charge >= 0.3 is 6.29 Å². The first-order chi connectivity index (χ1) is 13.9. The van der Waals surface area contributed by atoms with E-state index < -0.39 is 6.29 Å². The van der Waals surface area contributed by atoms with Gasteiger partial charge in [0, 0.05) is 17.3 Å². The van der Waals surface area contributed by atoms with E-state index in [1.54, 1.807) is 36.4 Å². The van der Waals surface area contributed by atoms with E-state index in [-0.39, 0.29) is 34.6 Å². The van der Waals surface area contributed by atoms with Crippen molar-refractivity contribution < 1.29 is 28.2 Å². The highest BCUT2D eigenvalue weighted by Gasteiger charge is 2.43. The molecule has 0 saturated heterocycles. The number of rotatable bonds is 2. The van der Waals surface area contributed by atoms with Crippen molar-refractivity contribution >= 4 is 28.7 Å². The molecule has 0 radical (unpaired) electrons. The third kappa shape index (κ3) is 2.85. The van der Waals surface area contributed by atoms with Crippen molar-refractivity contribution in [1.29, 1.82) is 0 Å². The Morgan fingerprint density at radius 2 is 1.66 bits per heavy atom. The van der Waals surface area contributed by atoms with E-state index in [4.69, 9.17) is 0 Å². The van der Waals surface area contributed by atoms with Crippen molar-refractivity contribution in [1.82, 2.24) is 0 Å². The molecule has 2 aliphatic heterocycles. The van der Waals surface area contributed by atoms with Crippen LogP contribution in [0.15, 0.2) is 71.7 Å². The van der Waals surface area contributed by atoms with E-state index in [0.717, 1.165) is 0 Å². The number of amides is 1. The number of hydrogen-bond acceptors (Lipinski definition) is 5. The molecule has 0 spiro atoms. The Labute approximate surface area is 163 Å². The van der Waals surface area contributed by atoms with Gasteiger partial charge in [-0.1, -0.05) is 18.2 Å². The van der Waals surface area contributed by atoms with Crippen LogP contribution in [0.25, 0.3) is 0 Å². The molecule has 5 rings (SSSR count).